The number of carbonyl (C=O) groups is 2. The number of imide groups is 1. The van der Waals surface area contributed by atoms with Crippen molar-refractivity contribution >= 4 is 23.1 Å². The van der Waals surface area contributed by atoms with Gasteiger partial charge in [-0.2, -0.15) is 0 Å². The molecule has 1 N–H and O–H groups in total. The van der Waals surface area contributed by atoms with Crippen molar-refractivity contribution in [3.05, 3.63) is 107 Å². The molecule has 0 aliphatic carbocycles. The molecular formula is C25H22N2O2. The van der Waals surface area contributed by atoms with Crippen LogP contribution in [-0.2, 0) is 16.1 Å². The monoisotopic (exact) mass is 382 g/mol. The summed E-state index contributed by atoms with van der Waals surface area (Å²) in [6.45, 7) is 4.31. The molecule has 3 aromatic rings. The van der Waals surface area contributed by atoms with Crippen LogP contribution in [0.25, 0.3) is 5.57 Å². The fraction of sp³-hybridized carbons (Fsp3) is 0.120. The number of anilines is 1. The minimum Gasteiger partial charge on any atom is -0.350 e. The van der Waals surface area contributed by atoms with E-state index in [-0.39, 0.29) is 18.4 Å². The zero-order valence-corrected chi connectivity index (χ0v) is 16.5. The number of amides is 2. The molecule has 0 radical (unpaired) electrons. The molecule has 1 aliphatic heterocycles. The minimum atomic E-state index is -0.309. The van der Waals surface area contributed by atoms with Crippen molar-refractivity contribution in [2.75, 3.05) is 5.32 Å². The number of benzene rings is 3. The highest BCUT2D eigenvalue weighted by atomic mass is 16.2. The van der Waals surface area contributed by atoms with Gasteiger partial charge >= 0.3 is 0 Å². The third kappa shape index (κ3) is 3.69. The Balaban J connectivity index is 1.74. The summed E-state index contributed by atoms with van der Waals surface area (Å²) in [5.74, 6) is -0.590. The van der Waals surface area contributed by atoms with E-state index in [1.54, 1.807) is 0 Å². The molecule has 0 saturated heterocycles. The molecule has 29 heavy (non-hydrogen) atoms. The van der Waals surface area contributed by atoms with Crippen LogP contribution in [-0.4, -0.2) is 16.7 Å². The molecule has 144 valence electrons. The number of carbonyl (C=O) groups excluding carboxylic acids is 2. The van der Waals surface area contributed by atoms with Gasteiger partial charge in [-0.3, -0.25) is 14.5 Å². The maximum Gasteiger partial charge on any atom is 0.278 e. The van der Waals surface area contributed by atoms with Gasteiger partial charge < -0.3 is 5.32 Å². The van der Waals surface area contributed by atoms with Gasteiger partial charge in [0.25, 0.3) is 11.8 Å². The van der Waals surface area contributed by atoms with Gasteiger partial charge in [0.15, 0.2) is 0 Å². The Kier molecular flexibility index (Phi) is 5.00. The Labute approximate surface area is 170 Å². The SMILES string of the molecule is Cc1ccc(NC2=C(c3ccccc3)C(=O)N(Cc3ccccc3)C2=O)cc1C. The summed E-state index contributed by atoms with van der Waals surface area (Å²) in [5.41, 5.74) is 5.45. The van der Waals surface area contributed by atoms with E-state index in [4.69, 9.17) is 0 Å². The fourth-order valence-electron chi connectivity index (χ4n) is 3.44. The quantitative estimate of drug-likeness (QED) is 0.651. The smallest absolute Gasteiger partial charge is 0.278 e. The highest BCUT2D eigenvalue weighted by molar-refractivity contribution is 6.36. The standard InChI is InChI=1S/C25H22N2O2/c1-17-13-14-21(15-18(17)2)26-23-22(20-11-7-4-8-12-20)24(28)27(25(23)29)16-19-9-5-3-6-10-19/h3-15,26H,16H2,1-2H3. The first-order valence-corrected chi connectivity index (χ1v) is 9.58. The zero-order chi connectivity index (χ0) is 20.4. The number of aryl methyl sites for hydroxylation is 2. The largest absolute Gasteiger partial charge is 0.350 e. The van der Waals surface area contributed by atoms with E-state index >= 15 is 0 Å². The van der Waals surface area contributed by atoms with Crippen LogP contribution in [0.15, 0.2) is 84.6 Å². The molecule has 1 heterocycles. The topological polar surface area (TPSA) is 49.4 Å². The van der Waals surface area contributed by atoms with E-state index in [0.29, 0.717) is 11.3 Å². The fourth-order valence-corrected chi connectivity index (χ4v) is 3.44. The molecule has 0 fully saturated rings. The molecule has 0 spiro atoms. The summed E-state index contributed by atoms with van der Waals surface area (Å²) in [6, 6.07) is 24.8. The Morgan fingerprint density at radius 1 is 0.759 bits per heavy atom. The zero-order valence-electron chi connectivity index (χ0n) is 16.5. The van der Waals surface area contributed by atoms with Crippen LogP contribution in [0.4, 0.5) is 5.69 Å². The van der Waals surface area contributed by atoms with Gasteiger partial charge in [-0.25, -0.2) is 0 Å². The predicted octanol–water partition coefficient (Wildman–Crippen LogP) is 4.70. The van der Waals surface area contributed by atoms with E-state index in [2.05, 4.69) is 5.32 Å². The van der Waals surface area contributed by atoms with Crippen LogP contribution in [0.5, 0.6) is 0 Å². The Morgan fingerprint density at radius 2 is 1.41 bits per heavy atom. The van der Waals surface area contributed by atoms with Crippen LogP contribution in [0.2, 0.25) is 0 Å². The first kappa shape index (κ1) is 18.7. The second kappa shape index (κ2) is 7.76. The number of nitrogens with one attached hydrogen (secondary N) is 1. The van der Waals surface area contributed by atoms with Crippen molar-refractivity contribution in [1.82, 2.24) is 4.90 Å². The summed E-state index contributed by atoms with van der Waals surface area (Å²) < 4.78 is 0. The Bertz CT molecular complexity index is 1100. The van der Waals surface area contributed by atoms with E-state index in [1.807, 2.05) is 92.7 Å². The molecule has 4 heteroatoms. The van der Waals surface area contributed by atoms with E-state index < -0.39 is 0 Å². The summed E-state index contributed by atoms with van der Waals surface area (Å²) in [4.78, 5) is 27.8. The Morgan fingerprint density at radius 3 is 2.07 bits per heavy atom. The first-order valence-electron chi connectivity index (χ1n) is 9.58. The minimum absolute atomic E-state index is 0.243. The second-order valence-corrected chi connectivity index (χ2v) is 7.22. The van der Waals surface area contributed by atoms with Gasteiger partial charge in [-0.05, 0) is 48.2 Å². The number of hydrogen-bond donors (Lipinski definition) is 1. The van der Waals surface area contributed by atoms with Crippen molar-refractivity contribution in [3.63, 3.8) is 0 Å². The third-order valence-corrected chi connectivity index (χ3v) is 5.19. The summed E-state index contributed by atoms with van der Waals surface area (Å²) in [6.07, 6.45) is 0. The van der Waals surface area contributed by atoms with Crippen molar-refractivity contribution in [1.29, 1.82) is 0 Å². The molecule has 0 aromatic heterocycles. The van der Waals surface area contributed by atoms with Crippen LogP contribution < -0.4 is 5.32 Å². The van der Waals surface area contributed by atoms with Gasteiger partial charge in [0.1, 0.15) is 5.70 Å². The molecule has 4 nitrogen and oxygen atoms in total. The lowest BCUT2D eigenvalue weighted by molar-refractivity contribution is -0.137. The number of hydrogen-bond acceptors (Lipinski definition) is 3. The summed E-state index contributed by atoms with van der Waals surface area (Å²) in [7, 11) is 0. The van der Waals surface area contributed by atoms with Gasteiger partial charge in [-0.15, -0.1) is 0 Å². The van der Waals surface area contributed by atoms with E-state index in [0.717, 1.165) is 22.4 Å². The van der Waals surface area contributed by atoms with Crippen LogP contribution in [0.3, 0.4) is 0 Å². The lowest BCUT2D eigenvalue weighted by Crippen LogP contribution is -2.31. The van der Waals surface area contributed by atoms with Gasteiger partial charge in [0.05, 0.1) is 12.1 Å². The van der Waals surface area contributed by atoms with Crippen molar-refractivity contribution < 1.29 is 9.59 Å². The summed E-state index contributed by atoms with van der Waals surface area (Å²) >= 11 is 0. The predicted molar refractivity (Wildman–Crippen MR) is 115 cm³/mol. The highest BCUT2D eigenvalue weighted by Gasteiger charge is 2.39. The first-order chi connectivity index (χ1) is 14.0. The van der Waals surface area contributed by atoms with Crippen molar-refractivity contribution in [2.45, 2.75) is 20.4 Å². The molecule has 0 unspecified atom stereocenters. The number of nitrogens with zero attached hydrogens (tertiary/aromatic N) is 1. The maximum absolute atomic E-state index is 13.2. The Hall–Kier alpha value is -3.66. The summed E-state index contributed by atoms with van der Waals surface area (Å²) in [5, 5.41) is 3.22. The van der Waals surface area contributed by atoms with Crippen LogP contribution in [0.1, 0.15) is 22.3 Å². The van der Waals surface area contributed by atoms with Gasteiger partial charge in [-0.1, -0.05) is 66.7 Å². The molecule has 3 aromatic carbocycles. The molecule has 0 saturated carbocycles. The molecule has 0 bridgehead atoms. The van der Waals surface area contributed by atoms with E-state index in [1.165, 1.54) is 10.5 Å². The highest BCUT2D eigenvalue weighted by Crippen LogP contribution is 2.31. The second-order valence-electron chi connectivity index (χ2n) is 7.22. The van der Waals surface area contributed by atoms with E-state index in [9.17, 15) is 9.59 Å². The third-order valence-electron chi connectivity index (χ3n) is 5.19. The normalized spacial score (nSPS) is 13.9. The van der Waals surface area contributed by atoms with Gasteiger partial charge in [0, 0.05) is 5.69 Å². The molecule has 1 aliphatic rings. The van der Waals surface area contributed by atoms with Crippen LogP contribution in [0, 0.1) is 13.8 Å². The number of rotatable bonds is 5. The molecule has 0 atom stereocenters. The average Bonchev–Trinajstić information content (AvgIpc) is 2.96. The average molecular weight is 382 g/mol. The lowest BCUT2D eigenvalue weighted by Gasteiger charge is -2.15. The van der Waals surface area contributed by atoms with Crippen molar-refractivity contribution in [2.24, 2.45) is 0 Å². The van der Waals surface area contributed by atoms with Gasteiger partial charge in [0.2, 0.25) is 0 Å². The van der Waals surface area contributed by atoms with Crippen LogP contribution >= 0.6 is 0 Å². The molecule has 2 amide bonds. The maximum atomic E-state index is 13.2. The van der Waals surface area contributed by atoms with Crippen molar-refractivity contribution in [3.8, 4) is 0 Å². The molecule has 4 rings (SSSR count). The lowest BCUT2D eigenvalue weighted by atomic mass is 10.0. The molecular weight excluding hydrogens is 360 g/mol.